The van der Waals surface area contributed by atoms with Crippen LogP contribution >= 0.6 is 0 Å². The molecule has 3 rings (SSSR count). The Hall–Kier alpha value is -3.02. The smallest absolute Gasteiger partial charge is 0.261 e. The summed E-state index contributed by atoms with van der Waals surface area (Å²) in [6.45, 7) is 0.208. The number of halogens is 1. The summed E-state index contributed by atoms with van der Waals surface area (Å²) in [7, 11) is 0. The van der Waals surface area contributed by atoms with Crippen LogP contribution in [0.2, 0.25) is 0 Å². The van der Waals surface area contributed by atoms with E-state index >= 15 is 0 Å². The van der Waals surface area contributed by atoms with Crippen LogP contribution in [0.25, 0.3) is 0 Å². The molecule has 2 aromatic carbocycles. The Bertz CT molecular complexity index is 784. The minimum Gasteiger partial charge on any atom is -0.352 e. The molecule has 6 heteroatoms. The van der Waals surface area contributed by atoms with E-state index in [9.17, 15) is 18.8 Å². The van der Waals surface area contributed by atoms with Crippen molar-refractivity contribution in [1.82, 2.24) is 10.2 Å². The van der Waals surface area contributed by atoms with E-state index in [0.717, 1.165) is 4.90 Å². The molecular formula is C18H15FN2O3. The van der Waals surface area contributed by atoms with Crippen LogP contribution in [-0.4, -0.2) is 29.2 Å². The van der Waals surface area contributed by atoms with Gasteiger partial charge in [-0.05, 0) is 29.8 Å². The maximum atomic E-state index is 13.1. The number of fused-ring (bicyclic) bond motifs is 1. The van der Waals surface area contributed by atoms with E-state index in [1.807, 2.05) is 0 Å². The van der Waals surface area contributed by atoms with Gasteiger partial charge in [0.15, 0.2) is 0 Å². The topological polar surface area (TPSA) is 66.5 Å². The Morgan fingerprint density at radius 3 is 2.29 bits per heavy atom. The van der Waals surface area contributed by atoms with E-state index in [1.165, 1.54) is 12.1 Å². The van der Waals surface area contributed by atoms with E-state index in [1.54, 1.807) is 36.4 Å². The molecule has 1 N–H and O–H groups in total. The van der Waals surface area contributed by atoms with Crippen LogP contribution in [0.15, 0.2) is 48.5 Å². The maximum Gasteiger partial charge on any atom is 0.261 e. The maximum absolute atomic E-state index is 13.1. The Labute approximate surface area is 138 Å². The number of carbonyl (C=O) groups excluding carboxylic acids is 3. The van der Waals surface area contributed by atoms with E-state index in [-0.39, 0.29) is 43.0 Å². The van der Waals surface area contributed by atoms with Crippen LogP contribution in [0.5, 0.6) is 0 Å². The van der Waals surface area contributed by atoms with Crippen LogP contribution < -0.4 is 5.32 Å². The Balaban J connectivity index is 1.54. The first-order valence-corrected chi connectivity index (χ1v) is 7.52. The van der Waals surface area contributed by atoms with Crippen molar-refractivity contribution in [3.05, 3.63) is 71.0 Å². The molecule has 0 unspecified atom stereocenters. The number of imide groups is 1. The third-order valence-corrected chi connectivity index (χ3v) is 3.82. The van der Waals surface area contributed by atoms with Gasteiger partial charge in [-0.2, -0.15) is 0 Å². The molecule has 0 aliphatic carbocycles. The van der Waals surface area contributed by atoms with Crippen molar-refractivity contribution in [1.29, 1.82) is 0 Å². The van der Waals surface area contributed by atoms with Gasteiger partial charge in [0.05, 0.1) is 11.1 Å². The molecule has 0 bridgehead atoms. The zero-order valence-corrected chi connectivity index (χ0v) is 12.8. The highest BCUT2D eigenvalue weighted by Crippen LogP contribution is 2.22. The monoisotopic (exact) mass is 326 g/mol. The summed E-state index contributed by atoms with van der Waals surface area (Å²) in [4.78, 5) is 37.3. The molecule has 1 aliphatic heterocycles. The first kappa shape index (κ1) is 15.9. The molecule has 0 spiro atoms. The molecule has 24 heavy (non-hydrogen) atoms. The fourth-order valence-corrected chi connectivity index (χ4v) is 2.59. The lowest BCUT2D eigenvalue weighted by Gasteiger charge is -2.13. The normalized spacial score (nSPS) is 13.1. The van der Waals surface area contributed by atoms with Crippen molar-refractivity contribution in [2.75, 3.05) is 6.54 Å². The highest BCUT2D eigenvalue weighted by molar-refractivity contribution is 6.21. The lowest BCUT2D eigenvalue weighted by molar-refractivity contribution is -0.121. The zero-order chi connectivity index (χ0) is 17.1. The number of carbonyl (C=O) groups is 3. The second kappa shape index (κ2) is 6.62. The second-order valence-corrected chi connectivity index (χ2v) is 5.46. The highest BCUT2D eigenvalue weighted by atomic mass is 19.1. The predicted molar refractivity (Wildman–Crippen MR) is 84.7 cm³/mol. The van der Waals surface area contributed by atoms with E-state index in [2.05, 4.69) is 5.32 Å². The molecule has 3 amide bonds. The molecule has 0 saturated carbocycles. The van der Waals surface area contributed by atoms with Crippen molar-refractivity contribution in [2.45, 2.75) is 13.0 Å². The Kier molecular flexibility index (Phi) is 4.37. The summed E-state index contributed by atoms with van der Waals surface area (Å²) in [6, 6.07) is 12.5. The SMILES string of the molecule is O=C(CCN1C(=O)c2ccccc2C1=O)NCc1cccc(F)c1. The molecular weight excluding hydrogens is 311 g/mol. The molecule has 1 heterocycles. The van der Waals surface area contributed by atoms with Gasteiger partial charge in [-0.15, -0.1) is 0 Å². The van der Waals surface area contributed by atoms with Crippen molar-refractivity contribution in [2.24, 2.45) is 0 Å². The summed E-state index contributed by atoms with van der Waals surface area (Å²) in [5.41, 5.74) is 1.37. The summed E-state index contributed by atoms with van der Waals surface area (Å²) in [5, 5.41) is 2.65. The quantitative estimate of drug-likeness (QED) is 0.856. The molecule has 5 nitrogen and oxygen atoms in total. The van der Waals surface area contributed by atoms with E-state index < -0.39 is 0 Å². The van der Waals surface area contributed by atoms with Crippen molar-refractivity contribution < 1.29 is 18.8 Å². The van der Waals surface area contributed by atoms with Gasteiger partial charge in [0.25, 0.3) is 11.8 Å². The van der Waals surface area contributed by atoms with E-state index in [0.29, 0.717) is 16.7 Å². The van der Waals surface area contributed by atoms with Gasteiger partial charge in [-0.25, -0.2) is 4.39 Å². The van der Waals surface area contributed by atoms with Gasteiger partial charge >= 0.3 is 0 Å². The highest BCUT2D eigenvalue weighted by Gasteiger charge is 2.34. The fraction of sp³-hybridized carbons (Fsp3) is 0.167. The number of amides is 3. The van der Waals surface area contributed by atoms with Crippen LogP contribution in [-0.2, 0) is 11.3 Å². The number of benzene rings is 2. The second-order valence-electron chi connectivity index (χ2n) is 5.46. The summed E-state index contributed by atoms with van der Waals surface area (Å²) >= 11 is 0. The van der Waals surface area contributed by atoms with Crippen LogP contribution in [0.4, 0.5) is 4.39 Å². The third-order valence-electron chi connectivity index (χ3n) is 3.82. The predicted octanol–water partition coefficient (Wildman–Crippen LogP) is 2.13. The van der Waals surface area contributed by atoms with Gasteiger partial charge in [0.1, 0.15) is 5.82 Å². The Morgan fingerprint density at radius 1 is 1.00 bits per heavy atom. The molecule has 1 aliphatic rings. The number of hydrogen-bond donors (Lipinski definition) is 1. The van der Waals surface area contributed by atoms with Gasteiger partial charge in [-0.3, -0.25) is 19.3 Å². The van der Waals surface area contributed by atoms with Gasteiger partial charge in [-0.1, -0.05) is 24.3 Å². The number of nitrogens with zero attached hydrogens (tertiary/aromatic N) is 1. The summed E-state index contributed by atoms with van der Waals surface area (Å²) in [5.74, 6) is -1.44. The standard InChI is InChI=1S/C18H15FN2O3/c19-13-5-3-4-12(10-13)11-20-16(22)8-9-21-17(23)14-6-1-2-7-15(14)18(21)24/h1-7,10H,8-9,11H2,(H,20,22). The van der Waals surface area contributed by atoms with Crippen LogP contribution in [0, 0.1) is 5.82 Å². The van der Waals surface area contributed by atoms with Gasteiger partial charge < -0.3 is 5.32 Å². The zero-order valence-electron chi connectivity index (χ0n) is 12.8. The average molecular weight is 326 g/mol. The molecule has 0 atom stereocenters. The lowest BCUT2D eigenvalue weighted by Crippen LogP contribution is -2.34. The Morgan fingerprint density at radius 2 is 1.67 bits per heavy atom. The number of nitrogens with one attached hydrogen (secondary N) is 1. The molecule has 2 aromatic rings. The molecule has 0 radical (unpaired) electrons. The molecule has 0 saturated heterocycles. The lowest BCUT2D eigenvalue weighted by atomic mass is 10.1. The van der Waals surface area contributed by atoms with Gasteiger partial charge in [0.2, 0.25) is 5.91 Å². The van der Waals surface area contributed by atoms with E-state index in [4.69, 9.17) is 0 Å². The molecule has 0 aromatic heterocycles. The van der Waals surface area contributed by atoms with Gasteiger partial charge in [0, 0.05) is 19.5 Å². The summed E-state index contributed by atoms with van der Waals surface area (Å²) < 4.78 is 13.1. The molecule has 0 fully saturated rings. The van der Waals surface area contributed by atoms with Crippen molar-refractivity contribution in [3.63, 3.8) is 0 Å². The minimum absolute atomic E-state index is 0.000778. The fourth-order valence-electron chi connectivity index (χ4n) is 2.59. The first-order chi connectivity index (χ1) is 11.6. The third kappa shape index (κ3) is 3.17. The van der Waals surface area contributed by atoms with Crippen LogP contribution in [0.1, 0.15) is 32.7 Å². The number of rotatable bonds is 5. The van der Waals surface area contributed by atoms with Crippen molar-refractivity contribution in [3.8, 4) is 0 Å². The molecule has 122 valence electrons. The minimum atomic E-state index is -0.381. The number of hydrogen-bond acceptors (Lipinski definition) is 3. The average Bonchev–Trinajstić information content (AvgIpc) is 2.83. The van der Waals surface area contributed by atoms with Crippen LogP contribution in [0.3, 0.4) is 0 Å². The van der Waals surface area contributed by atoms with Crippen molar-refractivity contribution >= 4 is 17.7 Å². The largest absolute Gasteiger partial charge is 0.352 e. The first-order valence-electron chi connectivity index (χ1n) is 7.52. The summed E-state index contributed by atoms with van der Waals surface area (Å²) in [6.07, 6.45) is 0.000778.